The molecule has 0 N–H and O–H groups in total. The van der Waals surface area contributed by atoms with Crippen LogP contribution in [0.5, 0.6) is 5.75 Å². The van der Waals surface area contributed by atoms with Gasteiger partial charge in [-0.1, -0.05) is 42.5 Å². The number of carbonyl (C=O) groups is 3. The number of hydrogen-bond donors (Lipinski definition) is 0. The Hall–Kier alpha value is -3.68. The van der Waals surface area contributed by atoms with Gasteiger partial charge in [0.2, 0.25) is 17.7 Å². The average Bonchev–Trinajstić information content (AvgIpc) is 3.69. The molecule has 5 rings (SSSR count). The van der Waals surface area contributed by atoms with Crippen LogP contribution < -0.4 is 4.74 Å². The monoisotopic (exact) mass is 488 g/mol. The van der Waals surface area contributed by atoms with Crippen LogP contribution in [0.3, 0.4) is 0 Å². The molecule has 0 unspecified atom stereocenters. The summed E-state index contributed by atoms with van der Waals surface area (Å²) >= 11 is 0. The molecule has 0 radical (unpaired) electrons. The summed E-state index contributed by atoms with van der Waals surface area (Å²) in [7, 11) is 1.62. The van der Waals surface area contributed by atoms with Gasteiger partial charge in [0.1, 0.15) is 5.75 Å². The first kappa shape index (κ1) is 24.0. The van der Waals surface area contributed by atoms with E-state index in [1.165, 1.54) is 0 Å². The molecule has 1 saturated carbocycles. The number of carbonyl (C=O) groups excluding carboxylic acids is 3. The van der Waals surface area contributed by atoms with Gasteiger partial charge in [-0.25, -0.2) is 5.01 Å². The van der Waals surface area contributed by atoms with Gasteiger partial charge in [-0.15, -0.1) is 0 Å². The van der Waals surface area contributed by atoms with Gasteiger partial charge in [-0.05, 0) is 36.1 Å². The first-order chi connectivity index (χ1) is 17.5. The maximum Gasteiger partial charge on any atom is 0.243 e. The molecule has 0 aromatic heterocycles. The Balaban J connectivity index is 1.22. The van der Waals surface area contributed by atoms with E-state index >= 15 is 0 Å². The van der Waals surface area contributed by atoms with Crippen molar-refractivity contribution in [2.24, 2.45) is 11.0 Å². The lowest BCUT2D eigenvalue weighted by Crippen LogP contribution is -2.51. The maximum atomic E-state index is 13.3. The normalized spacial score (nSPS) is 19.8. The summed E-state index contributed by atoms with van der Waals surface area (Å²) in [5.74, 6) is 0.962. The molecule has 2 aromatic carbocycles. The molecule has 8 heteroatoms. The molecule has 0 bridgehead atoms. The van der Waals surface area contributed by atoms with Crippen LogP contribution in [0.15, 0.2) is 59.7 Å². The van der Waals surface area contributed by atoms with Crippen molar-refractivity contribution in [2.75, 3.05) is 33.3 Å². The SMILES string of the molecule is COc1ccc([C@H]2CC(c3ccccc3)=NN2C(=O)CCC(=O)N2CCN(C(=O)C3CC3)CC2)cc1. The molecule has 3 amide bonds. The van der Waals surface area contributed by atoms with Crippen LogP contribution in [0.2, 0.25) is 0 Å². The fourth-order valence-electron chi connectivity index (χ4n) is 4.88. The molecular formula is C28H32N4O4. The van der Waals surface area contributed by atoms with E-state index in [2.05, 4.69) is 0 Å². The highest BCUT2D eigenvalue weighted by molar-refractivity contribution is 6.03. The third-order valence-corrected chi connectivity index (χ3v) is 7.20. The molecule has 36 heavy (non-hydrogen) atoms. The highest BCUT2D eigenvalue weighted by atomic mass is 16.5. The number of methoxy groups -OCH3 is 1. The van der Waals surface area contributed by atoms with Crippen molar-refractivity contribution in [2.45, 2.75) is 38.1 Å². The molecule has 2 heterocycles. The lowest BCUT2D eigenvalue weighted by atomic mass is 9.98. The zero-order valence-electron chi connectivity index (χ0n) is 20.6. The molecule has 2 aliphatic heterocycles. The van der Waals surface area contributed by atoms with Crippen molar-refractivity contribution in [1.82, 2.24) is 14.8 Å². The largest absolute Gasteiger partial charge is 0.497 e. The Labute approximate surface area is 211 Å². The number of nitrogens with zero attached hydrogens (tertiary/aromatic N) is 4. The number of benzene rings is 2. The summed E-state index contributed by atoms with van der Waals surface area (Å²) in [5, 5.41) is 6.25. The fourth-order valence-corrected chi connectivity index (χ4v) is 4.88. The van der Waals surface area contributed by atoms with Gasteiger partial charge in [0.25, 0.3) is 0 Å². The first-order valence-corrected chi connectivity index (χ1v) is 12.7. The van der Waals surface area contributed by atoms with Gasteiger partial charge in [0, 0.05) is 51.4 Å². The van der Waals surface area contributed by atoms with Crippen molar-refractivity contribution in [3.05, 3.63) is 65.7 Å². The van der Waals surface area contributed by atoms with Crippen molar-refractivity contribution >= 4 is 23.4 Å². The predicted molar refractivity (Wildman–Crippen MR) is 135 cm³/mol. The standard InChI is InChI=1S/C28H32N4O4/c1-36-23-11-9-21(10-12-23)25-19-24(20-5-3-2-4-6-20)29-32(25)27(34)14-13-26(33)30-15-17-31(18-16-30)28(35)22-7-8-22/h2-6,9-12,22,25H,7-8,13-19H2,1H3/t25-/m1/s1. The Bertz CT molecular complexity index is 1140. The van der Waals surface area contributed by atoms with Gasteiger partial charge < -0.3 is 14.5 Å². The molecule has 8 nitrogen and oxygen atoms in total. The van der Waals surface area contributed by atoms with Crippen LogP contribution in [-0.2, 0) is 14.4 Å². The molecule has 2 fully saturated rings. The van der Waals surface area contributed by atoms with E-state index in [1.807, 2.05) is 59.5 Å². The number of hydrogen-bond acceptors (Lipinski definition) is 5. The molecule has 188 valence electrons. The van der Waals surface area contributed by atoms with E-state index in [9.17, 15) is 14.4 Å². The molecular weight excluding hydrogens is 456 g/mol. The quantitative estimate of drug-likeness (QED) is 0.599. The summed E-state index contributed by atoms with van der Waals surface area (Å²) in [6.45, 7) is 2.21. The third kappa shape index (κ3) is 5.27. The molecule has 0 spiro atoms. The minimum atomic E-state index is -0.231. The number of amides is 3. The van der Waals surface area contributed by atoms with Crippen molar-refractivity contribution < 1.29 is 19.1 Å². The second-order valence-corrected chi connectivity index (χ2v) is 9.62. The molecule has 2 aromatic rings. The van der Waals surface area contributed by atoms with E-state index in [4.69, 9.17) is 9.84 Å². The van der Waals surface area contributed by atoms with Crippen LogP contribution in [0.1, 0.15) is 49.3 Å². The van der Waals surface area contributed by atoms with Crippen LogP contribution in [-0.4, -0.2) is 71.5 Å². The van der Waals surface area contributed by atoms with Crippen LogP contribution >= 0.6 is 0 Å². The van der Waals surface area contributed by atoms with Crippen LogP contribution in [0, 0.1) is 5.92 Å². The number of hydrazone groups is 1. The smallest absolute Gasteiger partial charge is 0.243 e. The first-order valence-electron chi connectivity index (χ1n) is 12.7. The molecule has 1 aliphatic carbocycles. The van der Waals surface area contributed by atoms with E-state index in [0.29, 0.717) is 32.6 Å². The van der Waals surface area contributed by atoms with Crippen molar-refractivity contribution in [3.63, 3.8) is 0 Å². The topological polar surface area (TPSA) is 82.5 Å². The maximum absolute atomic E-state index is 13.3. The number of rotatable bonds is 7. The summed E-state index contributed by atoms with van der Waals surface area (Å²) < 4.78 is 5.28. The molecule has 1 saturated heterocycles. The van der Waals surface area contributed by atoms with Gasteiger partial charge in [-0.2, -0.15) is 5.10 Å². The summed E-state index contributed by atoms with van der Waals surface area (Å²) in [4.78, 5) is 42.1. The van der Waals surface area contributed by atoms with E-state index in [1.54, 1.807) is 17.0 Å². The highest BCUT2D eigenvalue weighted by Crippen LogP contribution is 2.34. The molecule has 3 aliphatic rings. The van der Waals surface area contributed by atoms with Gasteiger partial charge in [0.15, 0.2) is 0 Å². The van der Waals surface area contributed by atoms with E-state index in [-0.39, 0.29) is 42.5 Å². The Morgan fingerprint density at radius 2 is 1.50 bits per heavy atom. The Kier molecular flexibility index (Phi) is 7.02. The fraction of sp³-hybridized carbons (Fsp3) is 0.429. The molecule has 1 atom stereocenters. The Morgan fingerprint density at radius 3 is 2.14 bits per heavy atom. The number of ether oxygens (including phenoxy) is 1. The summed E-state index contributed by atoms with van der Waals surface area (Å²) in [6.07, 6.45) is 2.81. The van der Waals surface area contributed by atoms with Crippen molar-refractivity contribution in [1.29, 1.82) is 0 Å². The van der Waals surface area contributed by atoms with Gasteiger partial charge >= 0.3 is 0 Å². The highest BCUT2D eigenvalue weighted by Gasteiger charge is 2.36. The van der Waals surface area contributed by atoms with Crippen LogP contribution in [0.4, 0.5) is 0 Å². The second-order valence-electron chi connectivity index (χ2n) is 9.62. The van der Waals surface area contributed by atoms with E-state index in [0.717, 1.165) is 35.4 Å². The average molecular weight is 489 g/mol. The predicted octanol–water partition coefficient (Wildman–Crippen LogP) is 3.23. The summed E-state index contributed by atoms with van der Waals surface area (Å²) in [6, 6.07) is 17.3. The zero-order valence-corrected chi connectivity index (χ0v) is 20.6. The third-order valence-electron chi connectivity index (χ3n) is 7.20. The van der Waals surface area contributed by atoms with Crippen LogP contribution in [0.25, 0.3) is 0 Å². The number of piperazine rings is 1. The van der Waals surface area contributed by atoms with Crippen molar-refractivity contribution in [3.8, 4) is 5.75 Å². The van der Waals surface area contributed by atoms with Gasteiger partial charge in [0.05, 0.1) is 18.9 Å². The lowest BCUT2D eigenvalue weighted by molar-refractivity contribution is -0.142. The van der Waals surface area contributed by atoms with Gasteiger partial charge in [-0.3, -0.25) is 14.4 Å². The summed E-state index contributed by atoms with van der Waals surface area (Å²) in [5.41, 5.74) is 2.81. The second kappa shape index (κ2) is 10.5. The minimum Gasteiger partial charge on any atom is -0.497 e. The van der Waals surface area contributed by atoms with E-state index < -0.39 is 0 Å². The zero-order chi connectivity index (χ0) is 25.1. The Morgan fingerprint density at radius 1 is 0.861 bits per heavy atom. The lowest BCUT2D eigenvalue weighted by Gasteiger charge is -2.35. The minimum absolute atomic E-state index is 0.0469.